The molecule has 0 aromatic carbocycles. The molecule has 2 rings (SSSR count). The lowest BCUT2D eigenvalue weighted by Gasteiger charge is -2.36. The molecule has 2 fully saturated rings. The molecule has 0 amide bonds. The fourth-order valence-electron chi connectivity index (χ4n) is 3.54. The van der Waals surface area contributed by atoms with Gasteiger partial charge in [-0.3, -0.25) is 0 Å². The fourth-order valence-corrected chi connectivity index (χ4v) is 3.54. The molecule has 2 aliphatic rings. The molecule has 0 aromatic rings. The van der Waals surface area contributed by atoms with Crippen LogP contribution in [0.25, 0.3) is 0 Å². The molecular weight excluding hydrogens is 182 g/mol. The molecule has 1 heterocycles. The Balaban J connectivity index is 1.80. The van der Waals surface area contributed by atoms with Crippen molar-refractivity contribution in [3.8, 4) is 0 Å². The molecule has 3 atom stereocenters. The third-order valence-electron chi connectivity index (χ3n) is 4.68. The molecule has 0 spiro atoms. The maximum atomic E-state index is 2.46. The van der Waals surface area contributed by atoms with Crippen LogP contribution in [0.1, 0.15) is 58.8 Å². The summed E-state index contributed by atoms with van der Waals surface area (Å²) in [6, 6.07) is 0.933. The summed E-state index contributed by atoms with van der Waals surface area (Å²) in [5, 5.41) is 0. The standard InChI is InChI=1S/C14H27N/c1-12-8-9-13(2)15(10-12)11-14-6-4-3-5-7-14/h12-14H,3-11H2,1-2H3/p+1. The fraction of sp³-hybridized carbons (Fsp3) is 1.00. The summed E-state index contributed by atoms with van der Waals surface area (Å²) in [7, 11) is 0. The summed E-state index contributed by atoms with van der Waals surface area (Å²) in [6.45, 7) is 7.82. The average Bonchev–Trinajstić information content (AvgIpc) is 2.25. The number of hydrogen-bond donors (Lipinski definition) is 1. The van der Waals surface area contributed by atoms with Gasteiger partial charge in [0.15, 0.2) is 0 Å². The van der Waals surface area contributed by atoms with Gasteiger partial charge in [0, 0.05) is 11.8 Å². The van der Waals surface area contributed by atoms with E-state index >= 15 is 0 Å². The van der Waals surface area contributed by atoms with Crippen molar-refractivity contribution in [2.24, 2.45) is 11.8 Å². The van der Waals surface area contributed by atoms with Gasteiger partial charge in [-0.15, -0.1) is 0 Å². The molecule has 1 aliphatic carbocycles. The van der Waals surface area contributed by atoms with Gasteiger partial charge < -0.3 is 4.90 Å². The monoisotopic (exact) mass is 210 g/mol. The van der Waals surface area contributed by atoms with E-state index in [1.807, 2.05) is 4.90 Å². The van der Waals surface area contributed by atoms with Gasteiger partial charge in [0.25, 0.3) is 0 Å². The zero-order valence-electron chi connectivity index (χ0n) is 10.6. The minimum absolute atomic E-state index is 0.933. The lowest BCUT2D eigenvalue weighted by Crippen LogP contribution is -3.17. The zero-order chi connectivity index (χ0) is 10.7. The molecule has 1 saturated carbocycles. The number of nitrogens with one attached hydrogen (secondary N) is 1. The van der Waals surface area contributed by atoms with Gasteiger partial charge in [0.05, 0.1) is 19.1 Å². The Morgan fingerprint density at radius 1 is 0.933 bits per heavy atom. The molecule has 1 nitrogen and oxygen atoms in total. The Morgan fingerprint density at radius 2 is 1.67 bits per heavy atom. The Bertz CT molecular complexity index is 184. The van der Waals surface area contributed by atoms with Crippen LogP contribution in [0.15, 0.2) is 0 Å². The second-order valence-corrected chi connectivity index (χ2v) is 6.15. The highest BCUT2D eigenvalue weighted by atomic mass is 15.2. The van der Waals surface area contributed by atoms with E-state index in [1.54, 1.807) is 0 Å². The number of hydrogen-bond acceptors (Lipinski definition) is 0. The summed E-state index contributed by atoms with van der Waals surface area (Å²) in [5.41, 5.74) is 0. The predicted octanol–water partition coefficient (Wildman–Crippen LogP) is 2.27. The van der Waals surface area contributed by atoms with Crippen molar-refractivity contribution < 1.29 is 4.90 Å². The van der Waals surface area contributed by atoms with E-state index in [1.165, 1.54) is 58.0 Å². The van der Waals surface area contributed by atoms with Crippen molar-refractivity contribution >= 4 is 0 Å². The Morgan fingerprint density at radius 3 is 2.40 bits per heavy atom. The second kappa shape index (κ2) is 5.34. The van der Waals surface area contributed by atoms with Gasteiger partial charge in [0.2, 0.25) is 0 Å². The van der Waals surface area contributed by atoms with Crippen molar-refractivity contribution in [3.05, 3.63) is 0 Å². The molecule has 88 valence electrons. The van der Waals surface area contributed by atoms with Crippen LogP contribution >= 0.6 is 0 Å². The van der Waals surface area contributed by atoms with E-state index in [4.69, 9.17) is 0 Å². The van der Waals surface area contributed by atoms with E-state index in [0.29, 0.717) is 0 Å². The number of rotatable bonds is 2. The first-order valence-corrected chi connectivity index (χ1v) is 7.10. The van der Waals surface area contributed by atoms with Crippen LogP contribution in [0, 0.1) is 11.8 Å². The van der Waals surface area contributed by atoms with Crippen molar-refractivity contribution in [2.45, 2.75) is 64.8 Å². The van der Waals surface area contributed by atoms with Gasteiger partial charge in [-0.05, 0) is 32.6 Å². The maximum Gasteiger partial charge on any atom is 0.0846 e. The number of piperidine rings is 1. The molecule has 0 radical (unpaired) electrons. The molecule has 15 heavy (non-hydrogen) atoms. The highest BCUT2D eigenvalue weighted by molar-refractivity contribution is 4.67. The summed E-state index contributed by atoms with van der Waals surface area (Å²) in [4.78, 5) is 1.92. The summed E-state index contributed by atoms with van der Waals surface area (Å²) in [5.74, 6) is 2.03. The van der Waals surface area contributed by atoms with Crippen LogP contribution in [0.4, 0.5) is 0 Å². The van der Waals surface area contributed by atoms with Crippen molar-refractivity contribution in [3.63, 3.8) is 0 Å². The van der Waals surface area contributed by atoms with E-state index in [2.05, 4.69) is 13.8 Å². The molecule has 1 aliphatic heterocycles. The molecule has 1 heteroatoms. The Labute approximate surface area is 95.2 Å². The smallest absolute Gasteiger partial charge is 0.0846 e. The van der Waals surface area contributed by atoms with Crippen LogP contribution in [0.5, 0.6) is 0 Å². The van der Waals surface area contributed by atoms with Crippen LogP contribution in [-0.4, -0.2) is 19.1 Å². The van der Waals surface area contributed by atoms with Gasteiger partial charge >= 0.3 is 0 Å². The first-order chi connectivity index (χ1) is 7.25. The van der Waals surface area contributed by atoms with Crippen LogP contribution < -0.4 is 4.90 Å². The first kappa shape index (κ1) is 11.4. The van der Waals surface area contributed by atoms with Gasteiger partial charge in [-0.25, -0.2) is 0 Å². The van der Waals surface area contributed by atoms with Crippen molar-refractivity contribution in [2.75, 3.05) is 13.1 Å². The largest absolute Gasteiger partial charge is 0.332 e. The second-order valence-electron chi connectivity index (χ2n) is 6.15. The quantitative estimate of drug-likeness (QED) is 0.713. The predicted molar refractivity (Wildman–Crippen MR) is 65.1 cm³/mol. The summed E-state index contributed by atoms with van der Waals surface area (Å²) in [6.07, 6.45) is 10.5. The molecule has 1 saturated heterocycles. The third kappa shape index (κ3) is 3.21. The maximum absolute atomic E-state index is 2.46. The number of quaternary nitrogens is 1. The third-order valence-corrected chi connectivity index (χ3v) is 4.68. The summed E-state index contributed by atoms with van der Waals surface area (Å²) < 4.78 is 0. The van der Waals surface area contributed by atoms with Crippen molar-refractivity contribution in [1.82, 2.24) is 0 Å². The molecule has 3 unspecified atom stereocenters. The Kier molecular flexibility index (Phi) is 4.07. The summed E-state index contributed by atoms with van der Waals surface area (Å²) >= 11 is 0. The highest BCUT2D eigenvalue weighted by Crippen LogP contribution is 2.22. The molecular formula is C14H28N+. The van der Waals surface area contributed by atoms with E-state index < -0.39 is 0 Å². The minimum atomic E-state index is 0.933. The number of likely N-dealkylation sites (tertiary alicyclic amines) is 1. The lowest BCUT2D eigenvalue weighted by molar-refractivity contribution is -0.935. The minimum Gasteiger partial charge on any atom is -0.332 e. The van der Waals surface area contributed by atoms with Crippen LogP contribution in [0.3, 0.4) is 0 Å². The van der Waals surface area contributed by atoms with Gasteiger partial charge in [-0.2, -0.15) is 0 Å². The first-order valence-electron chi connectivity index (χ1n) is 7.10. The van der Waals surface area contributed by atoms with Crippen LogP contribution in [0.2, 0.25) is 0 Å². The molecule has 0 aromatic heterocycles. The van der Waals surface area contributed by atoms with E-state index in [9.17, 15) is 0 Å². The van der Waals surface area contributed by atoms with E-state index in [-0.39, 0.29) is 0 Å². The van der Waals surface area contributed by atoms with Gasteiger partial charge in [-0.1, -0.05) is 26.2 Å². The molecule has 0 bridgehead atoms. The normalized spacial score (nSPS) is 39.2. The molecule has 1 N–H and O–H groups in total. The Hall–Kier alpha value is -0.0400. The average molecular weight is 210 g/mol. The van der Waals surface area contributed by atoms with Crippen molar-refractivity contribution in [1.29, 1.82) is 0 Å². The zero-order valence-corrected chi connectivity index (χ0v) is 10.6. The lowest BCUT2D eigenvalue weighted by atomic mass is 9.87. The highest BCUT2D eigenvalue weighted by Gasteiger charge is 2.29. The van der Waals surface area contributed by atoms with E-state index in [0.717, 1.165) is 17.9 Å². The van der Waals surface area contributed by atoms with Crippen LogP contribution in [-0.2, 0) is 0 Å². The topological polar surface area (TPSA) is 4.44 Å². The SMILES string of the molecule is CC1CCC(C)[NH+](CC2CCCCC2)C1. The van der Waals surface area contributed by atoms with Gasteiger partial charge in [0.1, 0.15) is 0 Å².